The van der Waals surface area contributed by atoms with Crippen LogP contribution < -0.4 is 14.8 Å². The minimum absolute atomic E-state index is 0.221. The summed E-state index contributed by atoms with van der Waals surface area (Å²) >= 11 is 6.40. The number of nitrogens with one attached hydrogen (secondary N) is 1. The molecular formula is C26H21ClN4O2. The second-order valence-electron chi connectivity index (χ2n) is 8.18. The van der Waals surface area contributed by atoms with Crippen LogP contribution in [0.5, 0.6) is 11.5 Å². The van der Waals surface area contributed by atoms with Crippen molar-refractivity contribution >= 4 is 23.2 Å². The Morgan fingerprint density at radius 2 is 1.88 bits per heavy atom. The van der Waals surface area contributed by atoms with E-state index in [4.69, 9.17) is 21.1 Å². The summed E-state index contributed by atoms with van der Waals surface area (Å²) in [6.45, 7) is 2.08. The number of anilines is 1. The monoisotopic (exact) mass is 456 g/mol. The molecule has 0 unspecified atom stereocenters. The first-order valence-corrected chi connectivity index (χ1v) is 11.1. The molecule has 33 heavy (non-hydrogen) atoms. The summed E-state index contributed by atoms with van der Waals surface area (Å²) in [5.41, 5.74) is 6.08. The zero-order valence-electron chi connectivity index (χ0n) is 18.1. The second kappa shape index (κ2) is 7.67. The van der Waals surface area contributed by atoms with Gasteiger partial charge >= 0.3 is 0 Å². The fourth-order valence-corrected chi connectivity index (χ4v) is 4.82. The van der Waals surface area contributed by atoms with Gasteiger partial charge in [0.2, 0.25) is 5.95 Å². The molecule has 6 rings (SSSR count). The molecule has 2 aliphatic heterocycles. The molecule has 0 aliphatic carbocycles. The average molecular weight is 457 g/mol. The lowest BCUT2D eigenvalue weighted by molar-refractivity contribution is 0.217. The van der Waals surface area contributed by atoms with E-state index in [-0.39, 0.29) is 6.04 Å². The van der Waals surface area contributed by atoms with Crippen LogP contribution in [-0.2, 0) is 0 Å². The molecule has 1 aromatic heterocycles. The zero-order chi connectivity index (χ0) is 22.5. The Morgan fingerprint density at radius 1 is 1.06 bits per heavy atom. The van der Waals surface area contributed by atoms with Crippen molar-refractivity contribution in [2.24, 2.45) is 0 Å². The number of aromatic nitrogens is 3. The molecule has 2 atom stereocenters. The molecule has 0 saturated heterocycles. The smallest absolute Gasteiger partial charge is 0.226 e. The van der Waals surface area contributed by atoms with Crippen LogP contribution >= 0.6 is 11.6 Å². The van der Waals surface area contributed by atoms with Crippen LogP contribution in [0.25, 0.3) is 5.70 Å². The Hall–Kier alpha value is -3.77. The van der Waals surface area contributed by atoms with E-state index in [9.17, 15) is 0 Å². The molecule has 164 valence electrons. The summed E-state index contributed by atoms with van der Waals surface area (Å²) in [6, 6.07) is 21.9. The highest BCUT2D eigenvalue weighted by molar-refractivity contribution is 6.30. The van der Waals surface area contributed by atoms with E-state index in [0.29, 0.717) is 11.0 Å². The molecule has 4 aromatic rings. The van der Waals surface area contributed by atoms with Crippen LogP contribution in [0.1, 0.15) is 34.4 Å². The third kappa shape index (κ3) is 3.17. The molecular weight excluding hydrogens is 436 g/mol. The Balaban J connectivity index is 1.65. The Bertz CT molecular complexity index is 1390. The minimum atomic E-state index is -0.402. The van der Waals surface area contributed by atoms with Crippen molar-refractivity contribution in [2.75, 3.05) is 12.4 Å². The first kappa shape index (κ1) is 19.9. The van der Waals surface area contributed by atoms with Gasteiger partial charge in [-0.15, -0.1) is 0 Å². The number of halogens is 1. The quantitative estimate of drug-likeness (QED) is 0.421. The average Bonchev–Trinajstić information content (AvgIpc) is 3.31. The molecule has 7 heteroatoms. The Morgan fingerprint density at radius 3 is 2.70 bits per heavy atom. The van der Waals surface area contributed by atoms with Gasteiger partial charge in [0.25, 0.3) is 0 Å². The Labute approximate surface area is 196 Å². The lowest BCUT2D eigenvalue weighted by atomic mass is 9.84. The largest absolute Gasteiger partial charge is 0.496 e. The van der Waals surface area contributed by atoms with Crippen molar-refractivity contribution in [3.63, 3.8) is 0 Å². The number of rotatable bonds is 3. The summed E-state index contributed by atoms with van der Waals surface area (Å²) in [5.74, 6) is 2.18. The second-order valence-corrected chi connectivity index (χ2v) is 8.61. The van der Waals surface area contributed by atoms with Gasteiger partial charge in [-0.2, -0.15) is 10.1 Å². The number of benzene rings is 3. The van der Waals surface area contributed by atoms with Crippen LogP contribution in [0.15, 0.2) is 78.6 Å². The molecule has 2 aliphatic rings. The van der Waals surface area contributed by atoms with Crippen molar-refractivity contribution in [1.29, 1.82) is 0 Å². The van der Waals surface area contributed by atoms with Crippen molar-refractivity contribution in [2.45, 2.75) is 19.1 Å². The van der Waals surface area contributed by atoms with Gasteiger partial charge < -0.3 is 14.8 Å². The van der Waals surface area contributed by atoms with Crippen LogP contribution in [0.2, 0.25) is 5.02 Å². The summed E-state index contributed by atoms with van der Waals surface area (Å²) in [7, 11) is 1.68. The summed E-state index contributed by atoms with van der Waals surface area (Å²) in [6.07, 6.45) is 1.17. The number of aryl methyl sites for hydroxylation is 1. The van der Waals surface area contributed by atoms with Crippen LogP contribution in [0, 0.1) is 6.92 Å². The van der Waals surface area contributed by atoms with Gasteiger partial charge in [0.05, 0.1) is 12.8 Å². The van der Waals surface area contributed by atoms with Gasteiger partial charge in [-0.25, -0.2) is 4.68 Å². The van der Waals surface area contributed by atoms with Gasteiger partial charge in [-0.1, -0.05) is 59.6 Å². The van der Waals surface area contributed by atoms with Crippen molar-refractivity contribution in [1.82, 2.24) is 14.8 Å². The van der Waals surface area contributed by atoms with Crippen molar-refractivity contribution in [3.05, 3.63) is 106 Å². The van der Waals surface area contributed by atoms with E-state index >= 15 is 0 Å². The molecule has 6 nitrogen and oxygen atoms in total. The van der Waals surface area contributed by atoms with E-state index < -0.39 is 6.10 Å². The third-order valence-electron chi connectivity index (χ3n) is 6.19. The molecule has 3 aromatic carbocycles. The van der Waals surface area contributed by atoms with Gasteiger partial charge in [-0.3, -0.25) is 0 Å². The molecule has 0 bridgehead atoms. The van der Waals surface area contributed by atoms with E-state index in [2.05, 4.69) is 46.6 Å². The number of para-hydroxylation sites is 1. The van der Waals surface area contributed by atoms with E-state index in [1.807, 2.05) is 47.1 Å². The highest BCUT2D eigenvalue weighted by Crippen LogP contribution is 2.52. The fraction of sp³-hybridized carbons (Fsp3) is 0.154. The highest BCUT2D eigenvalue weighted by Gasteiger charge is 2.41. The molecule has 0 spiro atoms. The van der Waals surface area contributed by atoms with E-state index in [1.165, 1.54) is 5.56 Å². The first-order valence-electron chi connectivity index (χ1n) is 10.7. The number of fused-ring (bicyclic) bond motifs is 3. The maximum absolute atomic E-state index is 6.65. The van der Waals surface area contributed by atoms with Gasteiger partial charge in [0.15, 0.2) is 6.10 Å². The van der Waals surface area contributed by atoms with Crippen LogP contribution in [0.3, 0.4) is 0 Å². The predicted molar refractivity (Wildman–Crippen MR) is 128 cm³/mol. The maximum atomic E-state index is 6.65. The van der Waals surface area contributed by atoms with Gasteiger partial charge in [0, 0.05) is 21.7 Å². The molecule has 0 fully saturated rings. The fourth-order valence-electron chi connectivity index (χ4n) is 4.65. The predicted octanol–water partition coefficient (Wildman–Crippen LogP) is 5.81. The SMILES string of the molecule is COc1ccccc1[C@@H]1Oc2ccc(Cl)cc2C2=C1[C@H](c1ccc(C)cc1)n1ncnc1N2. The summed E-state index contributed by atoms with van der Waals surface area (Å²) < 4.78 is 14.3. The molecule has 0 saturated carbocycles. The molecule has 1 N–H and O–H groups in total. The first-order chi connectivity index (χ1) is 16.1. The lowest BCUT2D eigenvalue weighted by Gasteiger charge is -2.39. The van der Waals surface area contributed by atoms with Crippen molar-refractivity contribution < 1.29 is 9.47 Å². The maximum Gasteiger partial charge on any atom is 0.226 e. The number of hydrogen-bond acceptors (Lipinski definition) is 5. The number of nitrogens with zero attached hydrogens (tertiary/aromatic N) is 3. The van der Waals surface area contributed by atoms with Crippen LogP contribution in [0.4, 0.5) is 5.95 Å². The van der Waals surface area contributed by atoms with Gasteiger partial charge in [-0.05, 0) is 36.8 Å². The van der Waals surface area contributed by atoms with Gasteiger partial charge in [0.1, 0.15) is 23.9 Å². The number of ether oxygens (including phenoxy) is 2. The topological polar surface area (TPSA) is 61.2 Å². The number of hydrogen-bond donors (Lipinski definition) is 1. The summed E-state index contributed by atoms with van der Waals surface area (Å²) in [4.78, 5) is 4.48. The lowest BCUT2D eigenvalue weighted by Crippen LogP contribution is -2.32. The van der Waals surface area contributed by atoms with Crippen LogP contribution in [-0.4, -0.2) is 21.9 Å². The minimum Gasteiger partial charge on any atom is -0.496 e. The molecule has 3 heterocycles. The van der Waals surface area contributed by atoms with E-state index in [0.717, 1.165) is 39.5 Å². The highest BCUT2D eigenvalue weighted by atomic mass is 35.5. The molecule has 0 amide bonds. The Kier molecular flexibility index (Phi) is 4.62. The molecule has 0 radical (unpaired) electrons. The standard InChI is InChI=1S/C26H21ClN4O2/c1-15-7-9-16(10-8-15)24-22-23(30-26-28-14-29-31(24)26)19-13-17(27)11-12-21(19)33-25(22)18-5-3-4-6-20(18)32-2/h3-14,24-25H,1-2H3,(H,28,29,30)/t24-,25-/m0/s1. The zero-order valence-corrected chi connectivity index (χ0v) is 18.9. The normalized spacial score (nSPS) is 18.5. The summed E-state index contributed by atoms with van der Waals surface area (Å²) in [5, 5.41) is 8.71. The number of methoxy groups -OCH3 is 1. The van der Waals surface area contributed by atoms with Crippen molar-refractivity contribution in [3.8, 4) is 11.5 Å². The van der Waals surface area contributed by atoms with E-state index in [1.54, 1.807) is 13.4 Å². The third-order valence-corrected chi connectivity index (χ3v) is 6.43.